The van der Waals surface area contributed by atoms with Crippen molar-refractivity contribution in [2.45, 2.75) is 0 Å². The first-order valence-corrected chi connectivity index (χ1v) is 7.99. The lowest BCUT2D eigenvalue weighted by Gasteiger charge is -2.13. The Morgan fingerprint density at radius 3 is 2.80 bits per heavy atom. The van der Waals surface area contributed by atoms with Crippen LogP contribution in [0.1, 0.15) is 11.1 Å². The summed E-state index contributed by atoms with van der Waals surface area (Å²) in [5, 5.41) is 9.43. The number of carbonyl (C=O) groups excluding carboxylic acids is 1. The van der Waals surface area contributed by atoms with E-state index in [2.05, 4.69) is 21.8 Å². The Bertz CT molecular complexity index is 1030. The van der Waals surface area contributed by atoms with Gasteiger partial charge in [-0.3, -0.25) is 4.79 Å². The van der Waals surface area contributed by atoms with E-state index >= 15 is 0 Å². The number of nitrogens with zero attached hydrogens (tertiary/aromatic N) is 3. The number of nitrogens with one attached hydrogen (secondary N) is 1. The number of benzene rings is 2. The third kappa shape index (κ3) is 2.55. The topological polar surface area (TPSA) is 60.8 Å². The number of anilines is 1. The van der Waals surface area contributed by atoms with Gasteiger partial charge >= 0.3 is 0 Å². The van der Waals surface area contributed by atoms with Crippen molar-refractivity contribution >= 4 is 34.4 Å². The molecule has 1 N–H and O–H groups in total. The summed E-state index contributed by atoms with van der Waals surface area (Å²) in [6.07, 6.45) is 5.24. The normalized spacial score (nSPS) is 15.4. The van der Waals surface area contributed by atoms with Crippen LogP contribution in [0.25, 0.3) is 10.9 Å². The standard InChI is InChI=1S/C20H16N4O/c1-2-11-24-18-10-6-4-8-16(18)19(20(24)25)23-22-13-14-12-21-17-9-5-3-7-15(14)17/h2-10,12-13,21H,1,11H2/b22-13+,23-19+. The molecule has 25 heavy (non-hydrogen) atoms. The number of hydrogen-bond donors (Lipinski definition) is 1. The van der Waals surface area contributed by atoms with Crippen LogP contribution in [0, 0.1) is 0 Å². The smallest absolute Gasteiger partial charge is 0.279 e. The van der Waals surface area contributed by atoms with Crippen LogP contribution in [0.3, 0.4) is 0 Å². The van der Waals surface area contributed by atoms with E-state index in [0.29, 0.717) is 12.3 Å². The van der Waals surface area contributed by atoms with Crippen LogP contribution < -0.4 is 4.90 Å². The molecule has 1 amide bonds. The van der Waals surface area contributed by atoms with Crippen molar-refractivity contribution in [3.63, 3.8) is 0 Å². The van der Waals surface area contributed by atoms with Crippen molar-refractivity contribution in [2.75, 3.05) is 11.4 Å². The molecule has 0 aliphatic carbocycles. The fourth-order valence-corrected chi connectivity index (χ4v) is 3.02. The number of amides is 1. The number of hydrogen-bond acceptors (Lipinski definition) is 3. The van der Waals surface area contributed by atoms with Gasteiger partial charge in [0.15, 0.2) is 5.71 Å². The molecule has 4 rings (SSSR count). The first-order chi connectivity index (χ1) is 12.3. The molecule has 1 aliphatic rings. The third-order valence-corrected chi connectivity index (χ3v) is 4.19. The Morgan fingerprint density at radius 1 is 1.12 bits per heavy atom. The maximum atomic E-state index is 12.6. The second-order valence-electron chi connectivity index (χ2n) is 5.70. The Morgan fingerprint density at radius 2 is 1.92 bits per heavy atom. The van der Waals surface area contributed by atoms with Crippen LogP contribution >= 0.6 is 0 Å². The highest BCUT2D eigenvalue weighted by Gasteiger charge is 2.32. The number of carbonyl (C=O) groups is 1. The molecule has 0 saturated carbocycles. The molecule has 3 aromatic rings. The minimum absolute atomic E-state index is 0.155. The highest BCUT2D eigenvalue weighted by Crippen LogP contribution is 2.29. The largest absolute Gasteiger partial charge is 0.361 e. The summed E-state index contributed by atoms with van der Waals surface area (Å²) in [7, 11) is 0. The summed E-state index contributed by atoms with van der Waals surface area (Å²) < 4.78 is 0. The van der Waals surface area contributed by atoms with Gasteiger partial charge in [0, 0.05) is 34.8 Å². The second-order valence-corrected chi connectivity index (χ2v) is 5.70. The van der Waals surface area contributed by atoms with E-state index in [1.165, 1.54) is 0 Å². The van der Waals surface area contributed by atoms with Gasteiger partial charge in [0.25, 0.3) is 5.91 Å². The number of aromatic amines is 1. The monoisotopic (exact) mass is 328 g/mol. The molecule has 1 aromatic heterocycles. The summed E-state index contributed by atoms with van der Waals surface area (Å²) >= 11 is 0. The SMILES string of the molecule is C=CCN1C(=O)/C(=N/N=C/c2c[nH]c3ccccc23)c2ccccc21. The molecule has 0 spiro atoms. The summed E-state index contributed by atoms with van der Waals surface area (Å²) in [5.41, 5.74) is 3.96. The lowest BCUT2D eigenvalue weighted by Crippen LogP contribution is -2.30. The van der Waals surface area contributed by atoms with Gasteiger partial charge in [-0.05, 0) is 12.1 Å². The molecule has 0 atom stereocenters. The molecule has 2 heterocycles. The van der Waals surface area contributed by atoms with Gasteiger partial charge in [-0.25, -0.2) is 0 Å². The number of H-pyrrole nitrogens is 1. The molecule has 5 heteroatoms. The lowest BCUT2D eigenvalue weighted by atomic mass is 10.1. The highest BCUT2D eigenvalue weighted by molar-refractivity contribution is 6.54. The molecule has 0 fully saturated rings. The number of fused-ring (bicyclic) bond motifs is 2. The van der Waals surface area contributed by atoms with E-state index < -0.39 is 0 Å². The molecule has 122 valence electrons. The van der Waals surface area contributed by atoms with Crippen molar-refractivity contribution in [3.05, 3.63) is 78.5 Å². The summed E-state index contributed by atoms with van der Waals surface area (Å²) in [4.78, 5) is 17.5. The Balaban J connectivity index is 1.69. The van der Waals surface area contributed by atoms with Crippen molar-refractivity contribution in [1.29, 1.82) is 0 Å². The maximum Gasteiger partial charge on any atom is 0.279 e. The molecule has 0 bridgehead atoms. The summed E-state index contributed by atoms with van der Waals surface area (Å²) in [6.45, 7) is 4.16. The van der Waals surface area contributed by atoms with Crippen molar-refractivity contribution in [1.82, 2.24) is 4.98 Å². The molecular weight excluding hydrogens is 312 g/mol. The number of para-hydroxylation sites is 2. The van der Waals surface area contributed by atoms with Crippen molar-refractivity contribution in [3.8, 4) is 0 Å². The van der Waals surface area contributed by atoms with Crippen molar-refractivity contribution in [2.24, 2.45) is 10.2 Å². The van der Waals surface area contributed by atoms with E-state index in [0.717, 1.165) is 27.7 Å². The van der Waals surface area contributed by atoms with Crippen molar-refractivity contribution < 1.29 is 4.79 Å². The molecule has 1 aliphatic heterocycles. The molecular formula is C20H16N4O. The van der Waals surface area contributed by atoms with Crippen LogP contribution in [0.4, 0.5) is 5.69 Å². The predicted molar refractivity (Wildman–Crippen MR) is 101 cm³/mol. The second kappa shape index (κ2) is 6.20. The fourth-order valence-electron chi connectivity index (χ4n) is 3.02. The average molecular weight is 328 g/mol. The molecule has 0 unspecified atom stereocenters. The minimum Gasteiger partial charge on any atom is -0.361 e. The molecule has 2 aromatic carbocycles. The quantitative estimate of drug-likeness (QED) is 0.444. The molecule has 5 nitrogen and oxygen atoms in total. The van der Waals surface area contributed by atoms with Crippen LogP contribution in [0.15, 0.2) is 77.6 Å². The average Bonchev–Trinajstić information content (AvgIpc) is 3.17. The van der Waals surface area contributed by atoms with E-state index in [9.17, 15) is 4.79 Å². The van der Waals surface area contributed by atoms with E-state index in [1.807, 2.05) is 54.7 Å². The van der Waals surface area contributed by atoms with Gasteiger partial charge in [0.1, 0.15) is 0 Å². The Hall–Kier alpha value is -3.47. The van der Waals surface area contributed by atoms with Gasteiger partial charge in [0.05, 0.1) is 11.9 Å². The summed E-state index contributed by atoms with van der Waals surface area (Å²) in [6, 6.07) is 15.6. The zero-order valence-electron chi connectivity index (χ0n) is 13.5. The van der Waals surface area contributed by atoms with Crippen LogP contribution in [0.2, 0.25) is 0 Å². The van der Waals surface area contributed by atoms with E-state index in [1.54, 1.807) is 17.2 Å². The first-order valence-electron chi connectivity index (χ1n) is 7.99. The van der Waals surface area contributed by atoms with Crippen LogP contribution in [-0.2, 0) is 4.79 Å². The minimum atomic E-state index is -0.155. The van der Waals surface area contributed by atoms with Crippen LogP contribution in [0.5, 0.6) is 0 Å². The zero-order valence-corrected chi connectivity index (χ0v) is 13.5. The van der Waals surface area contributed by atoms with E-state index in [4.69, 9.17) is 0 Å². The molecule has 0 saturated heterocycles. The van der Waals surface area contributed by atoms with Gasteiger partial charge < -0.3 is 9.88 Å². The molecule has 0 radical (unpaired) electrons. The van der Waals surface area contributed by atoms with Gasteiger partial charge in [0.2, 0.25) is 0 Å². The fraction of sp³-hybridized carbons (Fsp3) is 0.0500. The highest BCUT2D eigenvalue weighted by atomic mass is 16.2. The number of rotatable bonds is 4. The van der Waals surface area contributed by atoms with Gasteiger partial charge in [-0.1, -0.05) is 42.5 Å². The van der Waals surface area contributed by atoms with Crippen LogP contribution in [-0.4, -0.2) is 29.4 Å². The zero-order chi connectivity index (χ0) is 17.2. The number of aromatic nitrogens is 1. The van der Waals surface area contributed by atoms with E-state index in [-0.39, 0.29) is 5.91 Å². The third-order valence-electron chi connectivity index (χ3n) is 4.19. The van der Waals surface area contributed by atoms with Gasteiger partial charge in [-0.15, -0.1) is 11.7 Å². The summed E-state index contributed by atoms with van der Waals surface area (Å²) in [5.74, 6) is -0.155. The maximum absolute atomic E-state index is 12.6. The van der Waals surface area contributed by atoms with Gasteiger partial charge in [-0.2, -0.15) is 5.10 Å². The first kappa shape index (κ1) is 15.1. The Labute approximate surface area is 145 Å². The Kier molecular flexibility index (Phi) is 3.74. The predicted octanol–water partition coefficient (Wildman–Crippen LogP) is 3.52. The lowest BCUT2D eigenvalue weighted by molar-refractivity contribution is -0.112.